The quantitative estimate of drug-likeness (QED) is 0.606. The molecular weight excluding hydrogens is 347 g/mol. The number of halogens is 2. The third-order valence-electron chi connectivity index (χ3n) is 2.98. The standard InChI is InChI=1S/C18H14Cl2N2O2/c1-2-24-17-9-12(8-15(20)10-17)7-13(11-21)18(23)22-16-5-3-14(19)4-6-16/h3-10H,2H2,1H3,(H,22,23)/b13-7+. The van der Waals surface area contributed by atoms with Crippen LogP contribution >= 0.6 is 23.2 Å². The third-order valence-corrected chi connectivity index (χ3v) is 3.45. The zero-order valence-corrected chi connectivity index (χ0v) is 14.4. The first-order chi connectivity index (χ1) is 11.5. The van der Waals surface area contributed by atoms with Gasteiger partial charge in [-0.1, -0.05) is 23.2 Å². The molecule has 24 heavy (non-hydrogen) atoms. The number of hydrogen-bond donors (Lipinski definition) is 1. The molecule has 0 aliphatic carbocycles. The summed E-state index contributed by atoms with van der Waals surface area (Å²) in [6.07, 6.45) is 1.46. The number of nitriles is 1. The van der Waals surface area contributed by atoms with Crippen LogP contribution in [0.2, 0.25) is 10.0 Å². The molecule has 0 spiro atoms. The summed E-state index contributed by atoms with van der Waals surface area (Å²) < 4.78 is 5.40. The molecule has 0 radical (unpaired) electrons. The van der Waals surface area contributed by atoms with Crippen molar-refractivity contribution in [1.82, 2.24) is 0 Å². The molecule has 6 heteroatoms. The van der Waals surface area contributed by atoms with Crippen LogP contribution in [0.25, 0.3) is 6.08 Å². The van der Waals surface area contributed by atoms with Gasteiger partial charge in [-0.2, -0.15) is 5.26 Å². The predicted molar refractivity (Wildman–Crippen MR) is 96.3 cm³/mol. The number of nitrogens with one attached hydrogen (secondary N) is 1. The summed E-state index contributed by atoms with van der Waals surface area (Å²) in [5, 5.41) is 12.9. The van der Waals surface area contributed by atoms with Crippen LogP contribution in [-0.2, 0) is 4.79 Å². The fourth-order valence-corrected chi connectivity index (χ4v) is 2.32. The van der Waals surface area contributed by atoms with E-state index in [-0.39, 0.29) is 5.57 Å². The van der Waals surface area contributed by atoms with Crippen molar-refractivity contribution in [2.75, 3.05) is 11.9 Å². The molecule has 1 amide bonds. The zero-order chi connectivity index (χ0) is 17.5. The molecule has 0 bridgehead atoms. The van der Waals surface area contributed by atoms with E-state index in [0.29, 0.717) is 33.7 Å². The Hall–Kier alpha value is -2.48. The van der Waals surface area contributed by atoms with E-state index in [1.807, 2.05) is 13.0 Å². The predicted octanol–water partition coefficient (Wildman–Crippen LogP) is 4.94. The summed E-state index contributed by atoms with van der Waals surface area (Å²) >= 11 is 11.8. The van der Waals surface area contributed by atoms with Crippen molar-refractivity contribution in [3.8, 4) is 11.8 Å². The first-order valence-electron chi connectivity index (χ1n) is 7.14. The van der Waals surface area contributed by atoms with Gasteiger partial charge in [0, 0.05) is 15.7 Å². The van der Waals surface area contributed by atoms with Gasteiger partial charge in [0.15, 0.2) is 0 Å². The van der Waals surface area contributed by atoms with Crippen molar-refractivity contribution in [3.63, 3.8) is 0 Å². The molecule has 0 fully saturated rings. The lowest BCUT2D eigenvalue weighted by atomic mass is 10.1. The number of anilines is 1. The van der Waals surface area contributed by atoms with Gasteiger partial charge in [0.05, 0.1) is 6.61 Å². The lowest BCUT2D eigenvalue weighted by Gasteiger charge is -2.06. The molecule has 0 atom stereocenters. The highest BCUT2D eigenvalue weighted by Gasteiger charge is 2.10. The number of rotatable bonds is 5. The van der Waals surface area contributed by atoms with Crippen LogP contribution in [0.5, 0.6) is 5.75 Å². The van der Waals surface area contributed by atoms with Gasteiger partial charge in [0.25, 0.3) is 5.91 Å². The van der Waals surface area contributed by atoms with Crippen molar-refractivity contribution in [2.24, 2.45) is 0 Å². The zero-order valence-electron chi connectivity index (χ0n) is 12.8. The summed E-state index contributed by atoms with van der Waals surface area (Å²) in [6.45, 7) is 2.35. The lowest BCUT2D eigenvalue weighted by molar-refractivity contribution is -0.112. The molecule has 2 aromatic rings. The van der Waals surface area contributed by atoms with Gasteiger partial charge < -0.3 is 10.1 Å². The second-order valence-electron chi connectivity index (χ2n) is 4.78. The van der Waals surface area contributed by atoms with Gasteiger partial charge in [-0.05, 0) is 61.0 Å². The van der Waals surface area contributed by atoms with Crippen LogP contribution in [0.3, 0.4) is 0 Å². The first-order valence-corrected chi connectivity index (χ1v) is 7.89. The van der Waals surface area contributed by atoms with Crippen molar-refractivity contribution in [3.05, 3.63) is 63.6 Å². The van der Waals surface area contributed by atoms with Crippen molar-refractivity contribution in [2.45, 2.75) is 6.92 Å². The molecule has 2 aromatic carbocycles. The highest BCUT2D eigenvalue weighted by molar-refractivity contribution is 6.31. The molecule has 0 unspecified atom stereocenters. The average Bonchev–Trinajstić information content (AvgIpc) is 2.54. The number of hydrogen-bond acceptors (Lipinski definition) is 3. The van der Waals surface area contributed by atoms with E-state index in [4.69, 9.17) is 27.9 Å². The molecule has 4 nitrogen and oxygen atoms in total. The minimum atomic E-state index is -0.516. The fraction of sp³-hybridized carbons (Fsp3) is 0.111. The van der Waals surface area contributed by atoms with Crippen LogP contribution in [0.4, 0.5) is 5.69 Å². The van der Waals surface area contributed by atoms with E-state index in [1.54, 1.807) is 42.5 Å². The Morgan fingerprint density at radius 3 is 2.54 bits per heavy atom. The summed E-state index contributed by atoms with van der Waals surface area (Å²) in [4.78, 5) is 12.2. The Morgan fingerprint density at radius 2 is 1.92 bits per heavy atom. The van der Waals surface area contributed by atoms with Crippen LogP contribution < -0.4 is 10.1 Å². The topological polar surface area (TPSA) is 62.1 Å². The second-order valence-corrected chi connectivity index (χ2v) is 5.66. The minimum absolute atomic E-state index is 0.0466. The van der Waals surface area contributed by atoms with Crippen molar-refractivity contribution >= 4 is 40.9 Å². The Balaban J connectivity index is 2.23. The molecule has 0 aliphatic heterocycles. The van der Waals surface area contributed by atoms with E-state index in [2.05, 4.69) is 5.32 Å². The summed E-state index contributed by atoms with van der Waals surface area (Å²) in [7, 11) is 0. The molecule has 0 aromatic heterocycles. The normalized spacial score (nSPS) is 10.8. The van der Waals surface area contributed by atoms with Gasteiger partial charge >= 0.3 is 0 Å². The maximum atomic E-state index is 12.2. The van der Waals surface area contributed by atoms with Crippen molar-refractivity contribution in [1.29, 1.82) is 5.26 Å². The maximum absolute atomic E-state index is 12.2. The van der Waals surface area contributed by atoms with Crippen LogP contribution in [0, 0.1) is 11.3 Å². The number of carbonyl (C=O) groups is 1. The average molecular weight is 361 g/mol. The van der Waals surface area contributed by atoms with E-state index >= 15 is 0 Å². The molecule has 122 valence electrons. The highest BCUT2D eigenvalue weighted by Crippen LogP contribution is 2.23. The van der Waals surface area contributed by atoms with E-state index in [9.17, 15) is 10.1 Å². The molecule has 0 aliphatic rings. The first kappa shape index (κ1) is 17.9. The second kappa shape index (κ2) is 8.39. The number of nitrogens with zero attached hydrogens (tertiary/aromatic N) is 1. The van der Waals surface area contributed by atoms with Gasteiger partial charge in [-0.25, -0.2) is 0 Å². The van der Waals surface area contributed by atoms with Crippen LogP contribution in [0.15, 0.2) is 48.0 Å². The van der Waals surface area contributed by atoms with E-state index in [0.717, 1.165) is 0 Å². The summed E-state index contributed by atoms with van der Waals surface area (Å²) in [5.74, 6) is 0.0596. The number of ether oxygens (including phenoxy) is 1. The Kier molecular flexibility index (Phi) is 6.25. The number of benzene rings is 2. The van der Waals surface area contributed by atoms with Crippen LogP contribution in [0.1, 0.15) is 12.5 Å². The fourth-order valence-electron chi connectivity index (χ4n) is 1.96. The maximum Gasteiger partial charge on any atom is 0.266 e. The molecule has 2 rings (SSSR count). The summed E-state index contributed by atoms with van der Waals surface area (Å²) in [5.41, 5.74) is 1.11. The minimum Gasteiger partial charge on any atom is -0.494 e. The monoisotopic (exact) mass is 360 g/mol. The molecule has 0 saturated carbocycles. The third kappa shape index (κ3) is 5.02. The van der Waals surface area contributed by atoms with Crippen LogP contribution in [-0.4, -0.2) is 12.5 Å². The van der Waals surface area contributed by atoms with Gasteiger partial charge in [0.1, 0.15) is 17.4 Å². The molecule has 0 saturated heterocycles. The lowest BCUT2D eigenvalue weighted by Crippen LogP contribution is -2.13. The van der Waals surface area contributed by atoms with Crippen molar-refractivity contribution < 1.29 is 9.53 Å². The molecular formula is C18H14Cl2N2O2. The molecule has 0 heterocycles. The largest absolute Gasteiger partial charge is 0.494 e. The Bertz CT molecular complexity index is 809. The SMILES string of the molecule is CCOc1cc(Cl)cc(/C=C(\C#N)C(=O)Nc2ccc(Cl)cc2)c1. The molecule has 1 N–H and O–H groups in total. The van der Waals surface area contributed by atoms with E-state index < -0.39 is 5.91 Å². The van der Waals surface area contributed by atoms with Gasteiger partial charge in [-0.3, -0.25) is 4.79 Å². The van der Waals surface area contributed by atoms with Gasteiger partial charge in [0.2, 0.25) is 0 Å². The van der Waals surface area contributed by atoms with E-state index in [1.165, 1.54) is 6.08 Å². The highest BCUT2D eigenvalue weighted by atomic mass is 35.5. The smallest absolute Gasteiger partial charge is 0.266 e. The summed E-state index contributed by atoms with van der Waals surface area (Å²) in [6, 6.07) is 13.5. The Morgan fingerprint density at radius 1 is 1.21 bits per heavy atom. The Labute approximate surface area is 150 Å². The van der Waals surface area contributed by atoms with Gasteiger partial charge in [-0.15, -0.1) is 0 Å². The number of amides is 1. The number of carbonyl (C=O) groups excluding carboxylic acids is 1.